The van der Waals surface area contributed by atoms with Crippen molar-refractivity contribution in [3.63, 3.8) is 0 Å². The first-order valence-corrected chi connectivity index (χ1v) is 4.28. The van der Waals surface area contributed by atoms with E-state index in [1.165, 1.54) is 0 Å². The Balaban J connectivity index is 3.83. The Hall–Kier alpha value is -1.01. The van der Waals surface area contributed by atoms with Crippen LogP contribution in [0.25, 0.3) is 0 Å². The maximum Gasteiger partial charge on any atom is 0.247 e. The Labute approximate surface area is 79.8 Å². The predicted molar refractivity (Wildman–Crippen MR) is 52.1 cm³/mol. The second-order valence-corrected chi connectivity index (χ2v) is 3.68. The maximum absolute atomic E-state index is 11.2. The highest BCUT2D eigenvalue weighted by atomic mass is 16.5. The highest BCUT2D eigenvalue weighted by Crippen LogP contribution is 1.98. The van der Waals surface area contributed by atoms with E-state index in [0.717, 1.165) is 0 Å². The van der Waals surface area contributed by atoms with E-state index in [4.69, 9.17) is 11.2 Å². The fraction of sp³-hybridized carbons (Fsp3) is 0.700. The molecule has 0 aliphatic rings. The van der Waals surface area contributed by atoms with E-state index in [1.807, 2.05) is 13.8 Å². The first kappa shape index (κ1) is 12.0. The van der Waals surface area contributed by atoms with Crippen molar-refractivity contribution in [3.8, 4) is 12.3 Å². The zero-order valence-electron chi connectivity index (χ0n) is 8.68. The average Bonchev–Trinajstić information content (AvgIpc) is 2.00. The van der Waals surface area contributed by atoms with Crippen LogP contribution in [0.5, 0.6) is 0 Å². The topological polar surface area (TPSA) is 38.3 Å². The van der Waals surface area contributed by atoms with Crippen molar-refractivity contribution in [1.82, 2.24) is 5.32 Å². The SMILES string of the molecule is C#CC(C)(C)NC(=O)COC(C)C. The summed E-state index contributed by atoms with van der Waals surface area (Å²) in [6, 6.07) is 0. The molecule has 0 unspecified atom stereocenters. The van der Waals surface area contributed by atoms with Gasteiger partial charge in [0.05, 0.1) is 11.6 Å². The Kier molecular flexibility index (Phi) is 4.50. The third-order valence-electron chi connectivity index (χ3n) is 1.36. The van der Waals surface area contributed by atoms with E-state index in [9.17, 15) is 4.79 Å². The number of ether oxygens (including phenoxy) is 1. The lowest BCUT2D eigenvalue weighted by Gasteiger charge is -2.19. The van der Waals surface area contributed by atoms with Gasteiger partial charge in [-0.15, -0.1) is 6.42 Å². The summed E-state index contributed by atoms with van der Waals surface area (Å²) in [4.78, 5) is 11.2. The van der Waals surface area contributed by atoms with E-state index < -0.39 is 5.54 Å². The fourth-order valence-electron chi connectivity index (χ4n) is 0.663. The number of amides is 1. The van der Waals surface area contributed by atoms with Crippen molar-refractivity contribution in [2.75, 3.05) is 6.61 Å². The van der Waals surface area contributed by atoms with Gasteiger partial charge in [0.15, 0.2) is 0 Å². The van der Waals surface area contributed by atoms with Gasteiger partial charge < -0.3 is 10.1 Å². The molecule has 0 saturated carbocycles. The van der Waals surface area contributed by atoms with Crippen LogP contribution in [-0.4, -0.2) is 24.2 Å². The van der Waals surface area contributed by atoms with Crippen LogP contribution >= 0.6 is 0 Å². The third kappa shape index (κ3) is 6.18. The van der Waals surface area contributed by atoms with Gasteiger partial charge in [0, 0.05) is 0 Å². The molecule has 0 spiro atoms. The summed E-state index contributed by atoms with van der Waals surface area (Å²) in [6.07, 6.45) is 5.26. The molecule has 3 nitrogen and oxygen atoms in total. The van der Waals surface area contributed by atoms with Gasteiger partial charge in [-0.2, -0.15) is 0 Å². The molecule has 0 aliphatic carbocycles. The van der Waals surface area contributed by atoms with Crippen molar-refractivity contribution in [3.05, 3.63) is 0 Å². The van der Waals surface area contributed by atoms with Gasteiger partial charge in [-0.25, -0.2) is 0 Å². The second kappa shape index (κ2) is 4.88. The summed E-state index contributed by atoms with van der Waals surface area (Å²) >= 11 is 0. The molecular formula is C10H17NO2. The number of hydrogen-bond acceptors (Lipinski definition) is 2. The highest BCUT2D eigenvalue weighted by molar-refractivity contribution is 5.78. The van der Waals surface area contributed by atoms with E-state index >= 15 is 0 Å². The Bertz CT molecular complexity index is 213. The van der Waals surface area contributed by atoms with Crippen LogP contribution in [-0.2, 0) is 9.53 Å². The van der Waals surface area contributed by atoms with Gasteiger partial charge in [-0.3, -0.25) is 4.79 Å². The molecule has 0 rings (SSSR count). The van der Waals surface area contributed by atoms with Crippen molar-refractivity contribution >= 4 is 5.91 Å². The zero-order chi connectivity index (χ0) is 10.5. The van der Waals surface area contributed by atoms with Gasteiger partial charge in [0.25, 0.3) is 0 Å². The van der Waals surface area contributed by atoms with Crippen LogP contribution in [0.1, 0.15) is 27.7 Å². The summed E-state index contributed by atoms with van der Waals surface area (Å²) in [5.74, 6) is 2.29. The predicted octanol–water partition coefficient (Wildman–Crippen LogP) is 0.939. The number of nitrogens with one attached hydrogen (secondary N) is 1. The smallest absolute Gasteiger partial charge is 0.247 e. The lowest BCUT2D eigenvalue weighted by atomic mass is 10.1. The van der Waals surface area contributed by atoms with Crippen molar-refractivity contribution < 1.29 is 9.53 Å². The molecule has 0 fully saturated rings. The molecule has 0 atom stereocenters. The van der Waals surface area contributed by atoms with Crippen LogP contribution in [0, 0.1) is 12.3 Å². The van der Waals surface area contributed by atoms with E-state index in [0.29, 0.717) is 0 Å². The minimum atomic E-state index is -0.600. The molecule has 0 heterocycles. The van der Waals surface area contributed by atoms with Gasteiger partial charge in [-0.1, -0.05) is 5.92 Å². The molecule has 0 radical (unpaired) electrons. The Morgan fingerprint density at radius 1 is 1.62 bits per heavy atom. The lowest BCUT2D eigenvalue weighted by molar-refractivity contribution is -0.128. The lowest BCUT2D eigenvalue weighted by Crippen LogP contribution is -2.44. The zero-order valence-corrected chi connectivity index (χ0v) is 8.68. The summed E-state index contributed by atoms with van der Waals surface area (Å²) in [6.45, 7) is 7.34. The van der Waals surface area contributed by atoms with Crippen molar-refractivity contribution in [1.29, 1.82) is 0 Å². The van der Waals surface area contributed by atoms with Gasteiger partial charge in [0.1, 0.15) is 6.61 Å². The highest BCUT2D eigenvalue weighted by Gasteiger charge is 2.16. The van der Waals surface area contributed by atoms with Crippen molar-refractivity contribution in [2.45, 2.75) is 39.3 Å². The number of hydrogen-bond donors (Lipinski definition) is 1. The maximum atomic E-state index is 11.2. The standard InChI is InChI=1S/C10H17NO2/c1-6-10(4,5)11-9(12)7-13-8(2)3/h1,8H,7H2,2-5H3,(H,11,12). The fourth-order valence-corrected chi connectivity index (χ4v) is 0.663. The molecule has 1 N–H and O–H groups in total. The molecule has 0 aromatic carbocycles. The molecule has 13 heavy (non-hydrogen) atoms. The molecule has 0 aromatic heterocycles. The van der Waals surface area contributed by atoms with Gasteiger partial charge >= 0.3 is 0 Å². The Morgan fingerprint density at radius 2 is 2.15 bits per heavy atom. The first-order chi connectivity index (χ1) is 5.87. The first-order valence-electron chi connectivity index (χ1n) is 4.28. The summed E-state index contributed by atoms with van der Waals surface area (Å²) in [5, 5.41) is 2.66. The molecule has 3 heteroatoms. The number of terminal acetylenes is 1. The minimum Gasteiger partial charge on any atom is -0.369 e. The monoisotopic (exact) mass is 183 g/mol. The minimum absolute atomic E-state index is 0.0553. The summed E-state index contributed by atoms with van der Waals surface area (Å²) in [7, 11) is 0. The van der Waals surface area contributed by atoms with Crippen LogP contribution in [0.15, 0.2) is 0 Å². The largest absolute Gasteiger partial charge is 0.369 e. The Morgan fingerprint density at radius 3 is 2.54 bits per heavy atom. The van der Waals surface area contributed by atoms with Crippen LogP contribution < -0.4 is 5.32 Å². The van der Waals surface area contributed by atoms with Crippen LogP contribution in [0.4, 0.5) is 0 Å². The normalized spacial score (nSPS) is 11.1. The number of rotatable bonds is 4. The molecule has 74 valence electrons. The summed E-state index contributed by atoms with van der Waals surface area (Å²) < 4.78 is 5.11. The molecule has 0 aromatic rings. The van der Waals surface area contributed by atoms with Gasteiger partial charge in [-0.05, 0) is 27.7 Å². The van der Waals surface area contributed by atoms with Crippen LogP contribution in [0.3, 0.4) is 0 Å². The van der Waals surface area contributed by atoms with E-state index in [2.05, 4.69) is 11.2 Å². The van der Waals surface area contributed by atoms with Crippen molar-refractivity contribution in [2.24, 2.45) is 0 Å². The van der Waals surface area contributed by atoms with E-state index in [-0.39, 0.29) is 18.6 Å². The second-order valence-electron chi connectivity index (χ2n) is 3.68. The molecular weight excluding hydrogens is 166 g/mol. The molecule has 0 bridgehead atoms. The number of carbonyl (C=O) groups is 1. The van der Waals surface area contributed by atoms with E-state index in [1.54, 1.807) is 13.8 Å². The number of carbonyl (C=O) groups excluding carboxylic acids is 1. The quantitative estimate of drug-likeness (QED) is 0.659. The molecule has 0 aliphatic heterocycles. The molecule has 0 saturated heterocycles. The van der Waals surface area contributed by atoms with Gasteiger partial charge in [0.2, 0.25) is 5.91 Å². The van der Waals surface area contributed by atoms with Crippen LogP contribution in [0.2, 0.25) is 0 Å². The average molecular weight is 183 g/mol. The third-order valence-corrected chi connectivity index (χ3v) is 1.36. The molecule has 1 amide bonds. The summed E-state index contributed by atoms with van der Waals surface area (Å²) in [5.41, 5.74) is -0.600.